The van der Waals surface area contributed by atoms with E-state index in [9.17, 15) is 0 Å². The Bertz CT molecular complexity index is 989. The molecule has 0 radical (unpaired) electrons. The molecule has 5 rings (SSSR count). The number of aromatic nitrogens is 2. The lowest BCUT2D eigenvalue weighted by Gasteiger charge is -2.13. The minimum absolute atomic E-state index is 0.282. The van der Waals surface area contributed by atoms with Crippen LogP contribution in [0.25, 0.3) is 11.0 Å². The fraction of sp³-hybridized carbons (Fsp3) is 0.333. The molecule has 2 aliphatic rings. The predicted molar refractivity (Wildman–Crippen MR) is 104 cm³/mol. The van der Waals surface area contributed by atoms with Crippen molar-refractivity contribution in [2.24, 2.45) is 4.99 Å². The lowest BCUT2D eigenvalue weighted by Crippen LogP contribution is -3.10. The number of quaternary nitrogens is 1. The number of rotatable bonds is 5. The molecule has 0 atom stereocenters. The molecule has 1 aromatic heterocycles. The maximum Gasteiger partial charge on any atom is 0.231 e. The van der Waals surface area contributed by atoms with Crippen molar-refractivity contribution in [2.45, 2.75) is 19.4 Å². The summed E-state index contributed by atoms with van der Waals surface area (Å²) in [4.78, 5) is 11.1. The van der Waals surface area contributed by atoms with Crippen molar-refractivity contribution in [1.82, 2.24) is 9.55 Å². The molecule has 1 N–H and O–H groups in total. The summed E-state index contributed by atoms with van der Waals surface area (Å²) >= 11 is 0. The van der Waals surface area contributed by atoms with Gasteiger partial charge in [0.25, 0.3) is 0 Å². The highest BCUT2D eigenvalue weighted by molar-refractivity contribution is 5.84. The Balaban J connectivity index is 1.43. The molecule has 138 valence electrons. The zero-order chi connectivity index (χ0) is 18.1. The van der Waals surface area contributed by atoms with Crippen LogP contribution in [0.1, 0.15) is 18.4 Å². The highest BCUT2D eigenvalue weighted by Gasteiger charge is 2.17. The van der Waals surface area contributed by atoms with E-state index >= 15 is 0 Å². The van der Waals surface area contributed by atoms with E-state index in [1.54, 1.807) is 4.90 Å². The lowest BCUT2D eigenvalue weighted by molar-refractivity contribution is -0.887. The van der Waals surface area contributed by atoms with Crippen molar-refractivity contribution in [3.8, 4) is 11.5 Å². The zero-order valence-corrected chi connectivity index (χ0v) is 15.2. The Morgan fingerprint density at radius 1 is 1.07 bits per heavy atom. The van der Waals surface area contributed by atoms with Gasteiger partial charge in [-0.25, -0.2) is 9.98 Å². The number of nitrogens with zero attached hydrogens (tertiary/aromatic N) is 3. The standard InChI is InChI=1S/C21H22N4O2/c1-2-6-18-17(5-1)23-21(25(18)12-11-24-9-3-4-10-24)22-14-16-7-8-19-20(13-16)27-15-26-19/h1-2,5-8,13-14H,3-4,9-12,15H2/p+1. The van der Waals surface area contributed by atoms with Crippen molar-refractivity contribution in [3.63, 3.8) is 0 Å². The number of ether oxygens (including phenoxy) is 2. The van der Waals surface area contributed by atoms with E-state index in [-0.39, 0.29) is 6.79 Å². The minimum Gasteiger partial charge on any atom is -0.454 e. The van der Waals surface area contributed by atoms with Gasteiger partial charge in [0.05, 0.1) is 37.2 Å². The SMILES string of the molecule is C(=Nc1nc2ccccc2n1CC[NH+]1CCCC1)c1ccc2c(c1)OCO2. The fourth-order valence-corrected chi connectivity index (χ4v) is 3.90. The Labute approximate surface area is 158 Å². The minimum atomic E-state index is 0.282. The third-order valence-corrected chi connectivity index (χ3v) is 5.36. The fourth-order valence-electron chi connectivity index (χ4n) is 3.90. The molecule has 2 aromatic carbocycles. The molecule has 0 unspecified atom stereocenters. The van der Waals surface area contributed by atoms with Crippen LogP contribution >= 0.6 is 0 Å². The average Bonchev–Trinajstić information content (AvgIpc) is 3.43. The van der Waals surface area contributed by atoms with E-state index in [1.807, 2.05) is 36.5 Å². The van der Waals surface area contributed by atoms with Crippen molar-refractivity contribution < 1.29 is 14.4 Å². The molecule has 0 saturated carbocycles. The third kappa shape index (κ3) is 3.28. The summed E-state index contributed by atoms with van der Waals surface area (Å²) in [6, 6.07) is 14.1. The second-order valence-corrected chi connectivity index (χ2v) is 7.13. The molecule has 3 aromatic rings. The maximum absolute atomic E-state index is 5.45. The Morgan fingerprint density at radius 2 is 1.93 bits per heavy atom. The number of fused-ring (bicyclic) bond motifs is 2. The number of hydrogen-bond donors (Lipinski definition) is 1. The summed E-state index contributed by atoms with van der Waals surface area (Å²) in [6.45, 7) is 4.89. The van der Waals surface area contributed by atoms with Crippen LogP contribution in [0.2, 0.25) is 0 Å². The molecule has 6 nitrogen and oxygen atoms in total. The summed E-state index contributed by atoms with van der Waals surface area (Å²) in [7, 11) is 0. The van der Waals surface area contributed by atoms with Gasteiger partial charge in [-0.2, -0.15) is 0 Å². The van der Waals surface area contributed by atoms with E-state index in [0.717, 1.165) is 47.1 Å². The molecular formula is C21H23N4O2+. The number of imidazole rings is 1. The van der Waals surface area contributed by atoms with Crippen LogP contribution in [0.3, 0.4) is 0 Å². The maximum atomic E-state index is 5.45. The molecule has 0 spiro atoms. The van der Waals surface area contributed by atoms with E-state index in [2.05, 4.69) is 16.7 Å². The van der Waals surface area contributed by atoms with Gasteiger partial charge in [0, 0.05) is 19.1 Å². The van der Waals surface area contributed by atoms with Gasteiger partial charge in [0.2, 0.25) is 12.7 Å². The summed E-state index contributed by atoms with van der Waals surface area (Å²) in [5, 5.41) is 0. The number of likely N-dealkylation sites (tertiary alicyclic amines) is 1. The first-order chi connectivity index (χ1) is 13.4. The zero-order valence-electron chi connectivity index (χ0n) is 15.2. The highest BCUT2D eigenvalue weighted by Crippen LogP contribution is 2.32. The van der Waals surface area contributed by atoms with Crippen molar-refractivity contribution in [1.29, 1.82) is 0 Å². The van der Waals surface area contributed by atoms with Crippen LogP contribution in [-0.2, 0) is 6.54 Å². The lowest BCUT2D eigenvalue weighted by atomic mass is 10.2. The normalized spacial score (nSPS) is 16.7. The predicted octanol–water partition coefficient (Wildman–Crippen LogP) is 2.19. The van der Waals surface area contributed by atoms with Gasteiger partial charge in [0.1, 0.15) is 0 Å². The molecular weight excluding hydrogens is 340 g/mol. The van der Waals surface area contributed by atoms with Gasteiger partial charge in [0.15, 0.2) is 11.5 Å². The second kappa shape index (κ2) is 7.04. The number of hydrogen-bond acceptors (Lipinski definition) is 4. The summed E-state index contributed by atoms with van der Waals surface area (Å²) in [5.74, 6) is 2.31. The largest absolute Gasteiger partial charge is 0.454 e. The van der Waals surface area contributed by atoms with Gasteiger partial charge >= 0.3 is 0 Å². The molecule has 0 bridgehead atoms. The van der Waals surface area contributed by atoms with Crippen molar-refractivity contribution >= 4 is 23.2 Å². The molecule has 0 aliphatic carbocycles. The Kier molecular flexibility index (Phi) is 4.26. The number of benzene rings is 2. The van der Waals surface area contributed by atoms with Crippen molar-refractivity contribution in [2.75, 3.05) is 26.4 Å². The average molecular weight is 363 g/mol. The molecule has 27 heavy (non-hydrogen) atoms. The molecule has 3 heterocycles. The topological polar surface area (TPSA) is 53.1 Å². The summed E-state index contributed by atoms with van der Waals surface area (Å²) in [5.41, 5.74) is 3.11. The molecule has 1 saturated heterocycles. The van der Waals surface area contributed by atoms with E-state index in [1.165, 1.54) is 25.9 Å². The van der Waals surface area contributed by atoms with Crippen LogP contribution in [0.15, 0.2) is 47.5 Å². The van der Waals surface area contributed by atoms with Crippen molar-refractivity contribution in [3.05, 3.63) is 48.0 Å². The van der Waals surface area contributed by atoms with Gasteiger partial charge in [-0.05, 0) is 35.9 Å². The van der Waals surface area contributed by atoms with Crippen LogP contribution in [-0.4, -0.2) is 42.2 Å². The number of para-hydroxylation sites is 2. The number of aliphatic imine (C=N–C) groups is 1. The Hall–Kier alpha value is -2.86. The van der Waals surface area contributed by atoms with Crippen LogP contribution in [0, 0.1) is 0 Å². The van der Waals surface area contributed by atoms with Gasteiger partial charge in [-0.3, -0.25) is 0 Å². The molecule has 6 heteroatoms. The summed E-state index contributed by atoms with van der Waals surface area (Å²) in [6.07, 6.45) is 4.53. The molecule has 1 fully saturated rings. The summed E-state index contributed by atoms with van der Waals surface area (Å²) < 4.78 is 13.1. The first kappa shape index (κ1) is 16.3. The van der Waals surface area contributed by atoms with Gasteiger partial charge in [-0.15, -0.1) is 0 Å². The molecule has 0 amide bonds. The van der Waals surface area contributed by atoms with E-state index in [0.29, 0.717) is 0 Å². The van der Waals surface area contributed by atoms with Crippen LogP contribution < -0.4 is 14.4 Å². The first-order valence-corrected chi connectivity index (χ1v) is 9.59. The Morgan fingerprint density at radius 3 is 2.85 bits per heavy atom. The highest BCUT2D eigenvalue weighted by atomic mass is 16.7. The monoisotopic (exact) mass is 363 g/mol. The van der Waals surface area contributed by atoms with Crippen LogP contribution in [0.5, 0.6) is 11.5 Å². The van der Waals surface area contributed by atoms with Gasteiger partial charge < -0.3 is 18.9 Å². The van der Waals surface area contributed by atoms with Gasteiger partial charge in [-0.1, -0.05) is 12.1 Å². The number of nitrogens with one attached hydrogen (secondary N) is 1. The second-order valence-electron chi connectivity index (χ2n) is 7.13. The van der Waals surface area contributed by atoms with Crippen LogP contribution in [0.4, 0.5) is 5.95 Å². The molecule has 2 aliphatic heterocycles. The third-order valence-electron chi connectivity index (χ3n) is 5.36. The van der Waals surface area contributed by atoms with E-state index < -0.39 is 0 Å². The van der Waals surface area contributed by atoms with E-state index in [4.69, 9.17) is 19.5 Å². The smallest absolute Gasteiger partial charge is 0.231 e. The quantitative estimate of drug-likeness (QED) is 0.707. The first-order valence-electron chi connectivity index (χ1n) is 9.59.